The third kappa shape index (κ3) is 7.05. The van der Waals surface area contributed by atoms with E-state index in [1.807, 2.05) is 73.7 Å². The summed E-state index contributed by atoms with van der Waals surface area (Å²) >= 11 is 2.60. The maximum Gasteiger partial charge on any atom is 0.270 e. The van der Waals surface area contributed by atoms with Gasteiger partial charge in [0.1, 0.15) is 5.25 Å². The average Bonchev–Trinajstić information content (AvgIpc) is 3.45. The summed E-state index contributed by atoms with van der Waals surface area (Å²) in [5.41, 5.74) is 4.09. The minimum atomic E-state index is -0.607. The fourth-order valence-electron chi connectivity index (χ4n) is 4.09. The summed E-state index contributed by atoms with van der Waals surface area (Å²) in [5, 5.41) is 18.5. The van der Waals surface area contributed by atoms with Crippen LogP contribution in [0, 0.1) is 17.0 Å². The molecule has 8 nitrogen and oxygen atoms in total. The predicted octanol–water partition coefficient (Wildman–Crippen LogP) is 7.75. The van der Waals surface area contributed by atoms with Gasteiger partial charge in [-0.1, -0.05) is 66.2 Å². The number of benzene rings is 4. The number of nitrogens with one attached hydrogen (secondary N) is 2. The standard InChI is InChI=1S/C31H24N4O4S2/c1-20-8-5-12-23(16-20)29(36)32-24-13-7-15-26(18-24)41-28(21-9-3-2-4-10-21)30(37)34-31-33-27(19-40-31)22-11-6-14-25(17-22)35(38)39/h2-19,28H,1H3,(H,32,36)(H,33,34,37). The Labute approximate surface area is 244 Å². The van der Waals surface area contributed by atoms with E-state index < -0.39 is 10.2 Å². The second-order valence-corrected chi connectivity index (χ2v) is 11.1. The van der Waals surface area contributed by atoms with Crippen molar-refractivity contribution in [2.24, 2.45) is 0 Å². The Morgan fingerprint density at radius 1 is 0.902 bits per heavy atom. The molecule has 0 bridgehead atoms. The molecule has 204 valence electrons. The molecular formula is C31H24N4O4S2. The zero-order chi connectivity index (χ0) is 28.8. The molecule has 1 aromatic heterocycles. The van der Waals surface area contributed by atoms with Crippen LogP contribution >= 0.6 is 23.1 Å². The van der Waals surface area contributed by atoms with Crippen LogP contribution in [0.3, 0.4) is 0 Å². The molecule has 0 radical (unpaired) electrons. The average molecular weight is 581 g/mol. The maximum atomic E-state index is 13.6. The van der Waals surface area contributed by atoms with Gasteiger partial charge in [0.2, 0.25) is 5.91 Å². The molecule has 2 amide bonds. The highest BCUT2D eigenvalue weighted by Gasteiger charge is 2.24. The van der Waals surface area contributed by atoms with Gasteiger partial charge in [0.15, 0.2) is 5.13 Å². The molecule has 1 atom stereocenters. The van der Waals surface area contributed by atoms with Crippen LogP contribution in [-0.2, 0) is 4.79 Å². The lowest BCUT2D eigenvalue weighted by molar-refractivity contribution is -0.384. The lowest BCUT2D eigenvalue weighted by Gasteiger charge is -2.17. The summed E-state index contributed by atoms with van der Waals surface area (Å²) in [6.07, 6.45) is 0. The Bertz CT molecular complexity index is 1720. The number of non-ortho nitro benzene ring substituents is 1. The fraction of sp³-hybridized carbons (Fsp3) is 0.0645. The number of aryl methyl sites for hydroxylation is 1. The monoisotopic (exact) mass is 580 g/mol. The van der Waals surface area contributed by atoms with Crippen molar-refractivity contribution in [3.8, 4) is 11.3 Å². The van der Waals surface area contributed by atoms with Crippen LogP contribution in [0.5, 0.6) is 0 Å². The second-order valence-electron chi connectivity index (χ2n) is 9.09. The molecule has 0 fully saturated rings. The molecule has 5 aromatic rings. The van der Waals surface area contributed by atoms with E-state index in [1.54, 1.807) is 29.6 Å². The highest BCUT2D eigenvalue weighted by Crippen LogP contribution is 2.38. The number of hydrogen-bond donors (Lipinski definition) is 2. The topological polar surface area (TPSA) is 114 Å². The van der Waals surface area contributed by atoms with Crippen molar-refractivity contribution < 1.29 is 14.5 Å². The molecule has 0 aliphatic rings. The van der Waals surface area contributed by atoms with E-state index in [0.717, 1.165) is 16.0 Å². The van der Waals surface area contributed by atoms with Crippen LogP contribution in [0.15, 0.2) is 113 Å². The largest absolute Gasteiger partial charge is 0.322 e. The zero-order valence-electron chi connectivity index (χ0n) is 21.8. The van der Waals surface area contributed by atoms with Crippen molar-refractivity contribution in [3.05, 3.63) is 135 Å². The van der Waals surface area contributed by atoms with Gasteiger partial charge in [-0.25, -0.2) is 4.98 Å². The number of nitro benzene ring substituents is 1. The minimum absolute atomic E-state index is 0.0288. The molecule has 41 heavy (non-hydrogen) atoms. The second kappa shape index (κ2) is 12.6. The first kappa shape index (κ1) is 27.8. The summed E-state index contributed by atoms with van der Waals surface area (Å²) in [5.74, 6) is -0.480. The molecule has 5 rings (SSSR count). The SMILES string of the molecule is Cc1cccc(C(=O)Nc2cccc(SC(C(=O)Nc3nc(-c4cccc([N+](=O)[O-])c4)cs3)c3ccccc3)c2)c1. The number of aromatic nitrogens is 1. The molecule has 10 heteroatoms. The fourth-order valence-corrected chi connectivity index (χ4v) is 5.89. The molecular weight excluding hydrogens is 556 g/mol. The summed E-state index contributed by atoms with van der Waals surface area (Å²) in [6.45, 7) is 1.93. The molecule has 0 saturated carbocycles. The number of thiazole rings is 1. The van der Waals surface area contributed by atoms with E-state index in [0.29, 0.717) is 27.6 Å². The van der Waals surface area contributed by atoms with Gasteiger partial charge in [-0.15, -0.1) is 23.1 Å². The number of thioether (sulfide) groups is 1. The number of carbonyl (C=O) groups is 2. The van der Waals surface area contributed by atoms with Crippen molar-refractivity contribution in [2.45, 2.75) is 17.1 Å². The third-order valence-electron chi connectivity index (χ3n) is 6.05. The number of nitro groups is 1. The zero-order valence-corrected chi connectivity index (χ0v) is 23.4. The summed E-state index contributed by atoms with van der Waals surface area (Å²) < 4.78 is 0. The Balaban J connectivity index is 1.34. The molecule has 0 spiro atoms. The van der Waals surface area contributed by atoms with Crippen LogP contribution in [-0.4, -0.2) is 21.7 Å². The highest BCUT2D eigenvalue weighted by molar-refractivity contribution is 8.00. The Morgan fingerprint density at radius 3 is 2.46 bits per heavy atom. The van der Waals surface area contributed by atoms with E-state index in [-0.39, 0.29) is 17.5 Å². The van der Waals surface area contributed by atoms with Crippen LogP contribution in [0.4, 0.5) is 16.5 Å². The third-order valence-corrected chi connectivity index (χ3v) is 8.06. The van der Waals surface area contributed by atoms with E-state index in [1.165, 1.54) is 35.2 Å². The summed E-state index contributed by atoms with van der Waals surface area (Å²) in [4.78, 5) is 42.3. The summed E-state index contributed by atoms with van der Waals surface area (Å²) in [6, 6.07) is 30.3. The number of hydrogen-bond acceptors (Lipinski definition) is 7. The first-order chi connectivity index (χ1) is 19.9. The predicted molar refractivity (Wildman–Crippen MR) is 163 cm³/mol. The number of anilines is 2. The van der Waals surface area contributed by atoms with Crippen LogP contribution in [0.25, 0.3) is 11.3 Å². The van der Waals surface area contributed by atoms with Gasteiger partial charge in [-0.05, 0) is 42.8 Å². The quantitative estimate of drug-likeness (QED) is 0.105. The van der Waals surface area contributed by atoms with Gasteiger partial charge in [-0.3, -0.25) is 19.7 Å². The smallest absolute Gasteiger partial charge is 0.270 e. The normalized spacial score (nSPS) is 11.4. The van der Waals surface area contributed by atoms with Gasteiger partial charge in [-0.2, -0.15) is 0 Å². The van der Waals surface area contributed by atoms with Gasteiger partial charge in [0, 0.05) is 39.2 Å². The number of carbonyl (C=O) groups excluding carboxylic acids is 2. The van der Waals surface area contributed by atoms with Crippen LogP contribution in [0.1, 0.15) is 26.7 Å². The summed E-state index contributed by atoms with van der Waals surface area (Å²) in [7, 11) is 0. The van der Waals surface area contributed by atoms with Gasteiger partial charge in [0.05, 0.1) is 10.6 Å². The minimum Gasteiger partial charge on any atom is -0.322 e. The Hall–Kier alpha value is -4.80. The Kier molecular flexibility index (Phi) is 8.52. The molecule has 0 saturated heterocycles. The number of rotatable bonds is 9. The molecule has 2 N–H and O–H groups in total. The van der Waals surface area contributed by atoms with Crippen molar-refractivity contribution in [1.29, 1.82) is 0 Å². The first-order valence-electron chi connectivity index (χ1n) is 12.6. The highest BCUT2D eigenvalue weighted by atomic mass is 32.2. The van der Waals surface area contributed by atoms with E-state index in [4.69, 9.17) is 0 Å². The van der Waals surface area contributed by atoms with Gasteiger partial charge < -0.3 is 10.6 Å². The molecule has 0 aliphatic carbocycles. The van der Waals surface area contributed by atoms with Crippen molar-refractivity contribution in [3.63, 3.8) is 0 Å². The van der Waals surface area contributed by atoms with Gasteiger partial charge in [0.25, 0.3) is 11.6 Å². The molecule has 1 unspecified atom stereocenters. The van der Waals surface area contributed by atoms with Crippen molar-refractivity contribution in [1.82, 2.24) is 4.98 Å². The van der Waals surface area contributed by atoms with Crippen LogP contribution < -0.4 is 10.6 Å². The Morgan fingerprint density at radius 2 is 1.68 bits per heavy atom. The molecule has 4 aromatic carbocycles. The first-order valence-corrected chi connectivity index (χ1v) is 14.3. The van der Waals surface area contributed by atoms with Gasteiger partial charge >= 0.3 is 0 Å². The van der Waals surface area contributed by atoms with E-state index in [2.05, 4.69) is 15.6 Å². The number of nitrogens with zero attached hydrogens (tertiary/aromatic N) is 2. The van der Waals surface area contributed by atoms with E-state index in [9.17, 15) is 19.7 Å². The lowest BCUT2D eigenvalue weighted by atomic mass is 10.1. The van der Waals surface area contributed by atoms with E-state index >= 15 is 0 Å². The maximum absolute atomic E-state index is 13.6. The van der Waals surface area contributed by atoms with Crippen molar-refractivity contribution in [2.75, 3.05) is 10.6 Å². The van der Waals surface area contributed by atoms with Crippen molar-refractivity contribution >= 4 is 51.4 Å². The van der Waals surface area contributed by atoms with Crippen LogP contribution in [0.2, 0.25) is 0 Å². The number of amides is 2. The molecule has 0 aliphatic heterocycles. The lowest BCUT2D eigenvalue weighted by Crippen LogP contribution is -2.19. The molecule has 1 heterocycles.